The van der Waals surface area contributed by atoms with Crippen LogP contribution in [0.25, 0.3) is 0 Å². The Morgan fingerprint density at radius 3 is 2.33 bits per heavy atom. The number of benzene rings is 2. The van der Waals surface area contributed by atoms with E-state index in [0.717, 1.165) is 22.3 Å². The fraction of sp³-hybridized carbons (Fsp3) is 0.435. The molecule has 1 aliphatic rings. The van der Waals surface area contributed by atoms with Gasteiger partial charge in [-0.05, 0) is 69.4 Å². The predicted octanol–water partition coefficient (Wildman–Crippen LogP) is 4.03. The molecule has 7 heteroatoms. The molecule has 1 amide bonds. The van der Waals surface area contributed by atoms with Gasteiger partial charge in [0, 0.05) is 13.1 Å². The molecule has 2 aromatic rings. The molecule has 1 heterocycles. The molecule has 1 N–H and O–H groups in total. The highest BCUT2D eigenvalue weighted by Crippen LogP contribution is 2.29. The van der Waals surface area contributed by atoms with Crippen LogP contribution >= 0.6 is 0 Å². The molecule has 0 radical (unpaired) electrons. The second-order valence-electron chi connectivity index (χ2n) is 8.21. The van der Waals surface area contributed by atoms with E-state index in [1.165, 1.54) is 16.4 Å². The third kappa shape index (κ3) is 4.73. The number of rotatable bonds is 5. The van der Waals surface area contributed by atoms with Crippen molar-refractivity contribution in [1.82, 2.24) is 9.62 Å². The summed E-state index contributed by atoms with van der Waals surface area (Å²) in [4.78, 5) is 13.2. The van der Waals surface area contributed by atoms with Crippen molar-refractivity contribution in [3.05, 3.63) is 64.5 Å². The van der Waals surface area contributed by atoms with E-state index in [1.807, 2.05) is 39.8 Å². The number of nitrogens with one attached hydrogen (secondary N) is 1. The van der Waals surface area contributed by atoms with E-state index in [2.05, 4.69) is 5.32 Å². The summed E-state index contributed by atoms with van der Waals surface area (Å²) in [6.45, 7) is 7.97. The largest absolute Gasteiger partial charge is 0.349 e. The number of amides is 1. The maximum absolute atomic E-state index is 13.3. The molecule has 2 atom stereocenters. The van der Waals surface area contributed by atoms with Crippen LogP contribution in [0.15, 0.2) is 41.3 Å². The number of aryl methyl sites for hydroxylation is 3. The SMILES string of the molecule is Cc1cc(C)c(S(=O)(=O)N2CCC[C@@H](C(=O)N[C@@H](C)c3ccc(F)cc3)C2)c(C)c1. The Kier molecular flexibility index (Phi) is 6.62. The van der Waals surface area contributed by atoms with Crippen molar-refractivity contribution in [2.75, 3.05) is 13.1 Å². The number of carbonyl (C=O) groups is 1. The Morgan fingerprint density at radius 2 is 1.73 bits per heavy atom. The van der Waals surface area contributed by atoms with E-state index < -0.39 is 15.9 Å². The summed E-state index contributed by atoms with van der Waals surface area (Å²) in [6.07, 6.45) is 1.27. The summed E-state index contributed by atoms with van der Waals surface area (Å²) in [5.41, 5.74) is 3.28. The monoisotopic (exact) mass is 432 g/mol. The zero-order chi connectivity index (χ0) is 22.1. The number of nitrogens with zero attached hydrogens (tertiary/aromatic N) is 1. The minimum atomic E-state index is -3.68. The molecule has 3 rings (SSSR count). The molecule has 1 aliphatic heterocycles. The van der Waals surface area contributed by atoms with Crippen molar-refractivity contribution in [2.24, 2.45) is 5.92 Å². The smallest absolute Gasteiger partial charge is 0.243 e. The van der Waals surface area contributed by atoms with Crippen molar-refractivity contribution >= 4 is 15.9 Å². The predicted molar refractivity (Wildman–Crippen MR) is 115 cm³/mol. The van der Waals surface area contributed by atoms with Crippen LogP contribution < -0.4 is 5.32 Å². The molecule has 1 saturated heterocycles. The topological polar surface area (TPSA) is 66.5 Å². The fourth-order valence-electron chi connectivity index (χ4n) is 4.24. The Labute approximate surface area is 178 Å². The van der Waals surface area contributed by atoms with Gasteiger partial charge in [-0.1, -0.05) is 29.8 Å². The minimum Gasteiger partial charge on any atom is -0.349 e. The van der Waals surface area contributed by atoms with Gasteiger partial charge in [0.2, 0.25) is 15.9 Å². The molecule has 2 aromatic carbocycles. The van der Waals surface area contributed by atoms with Gasteiger partial charge in [0.15, 0.2) is 0 Å². The molecule has 0 aliphatic carbocycles. The first-order valence-corrected chi connectivity index (χ1v) is 11.7. The van der Waals surface area contributed by atoms with Crippen LogP contribution in [0.3, 0.4) is 0 Å². The fourth-order valence-corrected chi connectivity index (χ4v) is 6.18. The Hall–Kier alpha value is -2.25. The summed E-state index contributed by atoms with van der Waals surface area (Å²) in [5, 5.41) is 2.94. The number of hydrogen-bond donors (Lipinski definition) is 1. The number of carbonyl (C=O) groups excluding carboxylic acids is 1. The van der Waals surface area contributed by atoms with Gasteiger partial charge in [-0.2, -0.15) is 4.31 Å². The first-order chi connectivity index (χ1) is 14.1. The van der Waals surface area contributed by atoms with Crippen LogP contribution in [0.5, 0.6) is 0 Å². The van der Waals surface area contributed by atoms with Gasteiger partial charge in [0.1, 0.15) is 5.82 Å². The van der Waals surface area contributed by atoms with E-state index in [9.17, 15) is 17.6 Å². The molecule has 30 heavy (non-hydrogen) atoms. The summed E-state index contributed by atoms with van der Waals surface area (Å²) in [5.74, 6) is -0.918. The van der Waals surface area contributed by atoms with Crippen LogP contribution in [0.1, 0.15) is 48.1 Å². The number of piperidine rings is 1. The molecule has 1 fully saturated rings. The van der Waals surface area contributed by atoms with Crippen molar-refractivity contribution in [3.8, 4) is 0 Å². The van der Waals surface area contributed by atoms with E-state index in [-0.39, 0.29) is 24.3 Å². The standard InChI is InChI=1S/C23H29FN2O3S/c1-15-12-16(2)22(17(3)13-15)30(28,29)26-11-5-6-20(14-26)23(27)25-18(4)19-7-9-21(24)10-8-19/h7-10,12-13,18,20H,5-6,11,14H2,1-4H3,(H,25,27)/t18-,20+/m0/s1. The highest BCUT2D eigenvalue weighted by Gasteiger charge is 2.35. The highest BCUT2D eigenvalue weighted by atomic mass is 32.2. The van der Waals surface area contributed by atoms with E-state index in [1.54, 1.807) is 12.1 Å². The third-order valence-corrected chi connectivity index (χ3v) is 7.86. The van der Waals surface area contributed by atoms with Crippen molar-refractivity contribution < 1.29 is 17.6 Å². The second kappa shape index (κ2) is 8.86. The lowest BCUT2D eigenvalue weighted by Gasteiger charge is -2.32. The second-order valence-corrected chi connectivity index (χ2v) is 10.1. The number of sulfonamides is 1. The molecular formula is C23H29FN2O3S. The van der Waals surface area contributed by atoms with Crippen molar-refractivity contribution in [1.29, 1.82) is 0 Å². The lowest BCUT2D eigenvalue weighted by molar-refractivity contribution is -0.126. The lowest BCUT2D eigenvalue weighted by Crippen LogP contribution is -2.46. The van der Waals surface area contributed by atoms with Crippen LogP contribution in [-0.4, -0.2) is 31.7 Å². The van der Waals surface area contributed by atoms with Crippen LogP contribution in [0.4, 0.5) is 4.39 Å². The number of halogens is 1. The highest BCUT2D eigenvalue weighted by molar-refractivity contribution is 7.89. The van der Waals surface area contributed by atoms with E-state index >= 15 is 0 Å². The zero-order valence-corrected chi connectivity index (χ0v) is 18.7. The average molecular weight is 433 g/mol. The summed E-state index contributed by atoms with van der Waals surface area (Å²) < 4.78 is 41.3. The van der Waals surface area contributed by atoms with Gasteiger partial charge in [0.05, 0.1) is 16.9 Å². The van der Waals surface area contributed by atoms with Gasteiger partial charge in [-0.15, -0.1) is 0 Å². The van der Waals surface area contributed by atoms with Crippen LogP contribution in [-0.2, 0) is 14.8 Å². The normalized spacial score (nSPS) is 18.8. The Bertz CT molecular complexity index is 1010. The first-order valence-electron chi connectivity index (χ1n) is 10.2. The molecule has 0 spiro atoms. The van der Waals surface area contributed by atoms with E-state index in [0.29, 0.717) is 24.3 Å². The van der Waals surface area contributed by atoms with Gasteiger partial charge in [-0.3, -0.25) is 4.79 Å². The molecular weight excluding hydrogens is 403 g/mol. The van der Waals surface area contributed by atoms with Gasteiger partial charge >= 0.3 is 0 Å². The van der Waals surface area contributed by atoms with Gasteiger partial charge < -0.3 is 5.32 Å². The maximum atomic E-state index is 13.3. The molecule has 0 bridgehead atoms. The van der Waals surface area contributed by atoms with Crippen LogP contribution in [0.2, 0.25) is 0 Å². The first kappa shape index (κ1) is 22.4. The molecule has 0 unspecified atom stereocenters. The lowest BCUT2D eigenvalue weighted by atomic mass is 9.98. The molecule has 5 nitrogen and oxygen atoms in total. The maximum Gasteiger partial charge on any atom is 0.243 e. The van der Waals surface area contributed by atoms with Crippen LogP contribution in [0, 0.1) is 32.5 Å². The van der Waals surface area contributed by atoms with E-state index in [4.69, 9.17) is 0 Å². The average Bonchev–Trinajstić information content (AvgIpc) is 2.67. The van der Waals surface area contributed by atoms with Gasteiger partial charge in [0.25, 0.3) is 0 Å². The summed E-state index contributed by atoms with van der Waals surface area (Å²) >= 11 is 0. The molecule has 162 valence electrons. The van der Waals surface area contributed by atoms with Crippen molar-refractivity contribution in [2.45, 2.75) is 51.5 Å². The zero-order valence-electron chi connectivity index (χ0n) is 17.9. The quantitative estimate of drug-likeness (QED) is 0.776. The third-order valence-electron chi connectivity index (χ3n) is 5.69. The van der Waals surface area contributed by atoms with Crippen molar-refractivity contribution in [3.63, 3.8) is 0 Å². The Morgan fingerprint density at radius 1 is 1.13 bits per heavy atom. The van der Waals surface area contributed by atoms with Gasteiger partial charge in [-0.25, -0.2) is 12.8 Å². The Balaban J connectivity index is 1.74. The minimum absolute atomic E-state index is 0.164. The molecule has 0 saturated carbocycles. The summed E-state index contributed by atoms with van der Waals surface area (Å²) in [7, 11) is -3.68. The number of hydrogen-bond acceptors (Lipinski definition) is 3. The summed E-state index contributed by atoms with van der Waals surface area (Å²) in [6, 6.07) is 9.46. The molecule has 0 aromatic heterocycles.